The summed E-state index contributed by atoms with van der Waals surface area (Å²) >= 11 is 0. The highest BCUT2D eigenvalue weighted by Gasteiger charge is 2.20. The highest BCUT2D eigenvalue weighted by Crippen LogP contribution is 2.29. The highest BCUT2D eigenvalue weighted by atomic mass is 16.5. The van der Waals surface area contributed by atoms with Crippen molar-refractivity contribution in [3.05, 3.63) is 120 Å². The van der Waals surface area contributed by atoms with Crippen LogP contribution in [0.15, 0.2) is 109 Å². The smallest absolute Gasteiger partial charge is 0.119 e. The first-order valence-electron chi connectivity index (χ1n) is 15.4. The fourth-order valence-electron chi connectivity index (χ4n) is 5.17. The largest absolute Gasteiger partial charge is 0.508 e. The van der Waals surface area contributed by atoms with Crippen molar-refractivity contribution in [1.82, 2.24) is 0 Å². The number of hydrogen-bond donors (Lipinski definition) is 4. The standard InChI is InChI=1S/2C19H24O3/c2*1-14(13-22-18-6-4-3-5-7-18)12-15(2)19(21)16-8-10-17(20)11-9-16/h2*3-11,14-15,19-21H,12-13H2,1-2H3/t2*14-,15-,19-/m10/s1. The molecule has 4 aromatic rings. The molecule has 0 aromatic heterocycles. The Bertz CT molecular complexity index is 1210. The van der Waals surface area contributed by atoms with E-state index < -0.39 is 12.2 Å². The van der Waals surface area contributed by atoms with Crippen LogP contribution in [-0.2, 0) is 0 Å². The van der Waals surface area contributed by atoms with E-state index in [1.807, 2.05) is 74.5 Å². The van der Waals surface area contributed by atoms with E-state index in [0.717, 1.165) is 35.5 Å². The van der Waals surface area contributed by atoms with Gasteiger partial charge in [-0.2, -0.15) is 0 Å². The maximum absolute atomic E-state index is 10.4. The van der Waals surface area contributed by atoms with Crippen LogP contribution in [0.25, 0.3) is 0 Å². The summed E-state index contributed by atoms with van der Waals surface area (Å²) in [6.45, 7) is 9.60. The van der Waals surface area contributed by atoms with Gasteiger partial charge in [0.25, 0.3) is 0 Å². The van der Waals surface area contributed by atoms with Crippen LogP contribution in [0.3, 0.4) is 0 Å². The van der Waals surface area contributed by atoms with Gasteiger partial charge in [0.15, 0.2) is 0 Å². The molecule has 44 heavy (non-hydrogen) atoms. The summed E-state index contributed by atoms with van der Waals surface area (Å²) in [6, 6.07) is 33.0. The Morgan fingerprint density at radius 1 is 0.477 bits per heavy atom. The Hall–Kier alpha value is -4.00. The number of aliphatic hydroxyl groups is 2. The third-order valence-corrected chi connectivity index (χ3v) is 7.65. The number of rotatable bonds is 14. The summed E-state index contributed by atoms with van der Waals surface area (Å²) in [5.74, 6) is 3.13. The molecule has 236 valence electrons. The molecule has 0 aliphatic carbocycles. The summed E-state index contributed by atoms with van der Waals surface area (Å²) < 4.78 is 11.5. The Labute approximate surface area is 262 Å². The molecule has 0 radical (unpaired) electrons. The number of phenolic OH excluding ortho intramolecular Hbond substituents is 2. The van der Waals surface area contributed by atoms with E-state index in [-0.39, 0.29) is 23.3 Å². The van der Waals surface area contributed by atoms with Crippen molar-refractivity contribution < 1.29 is 29.9 Å². The molecular weight excluding hydrogens is 552 g/mol. The van der Waals surface area contributed by atoms with Crippen molar-refractivity contribution in [2.45, 2.75) is 52.7 Å². The van der Waals surface area contributed by atoms with Gasteiger partial charge in [-0.15, -0.1) is 0 Å². The minimum atomic E-state index is -0.528. The van der Waals surface area contributed by atoms with Gasteiger partial charge in [0.1, 0.15) is 23.0 Å². The van der Waals surface area contributed by atoms with Crippen molar-refractivity contribution in [2.24, 2.45) is 23.7 Å². The number of aromatic hydroxyl groups is 2. The molecule has 0 fully saturated rings. The van der Waals surface area contributed by atoms with Crippen molar-refractivity contribution in [3.8, 4) is 23.0 Å². The van der Waals surface area contributed by atoms with Crippen molar-refractivity contribution >= 4 is 0 Å². The normalized spacial score (nSPS) is 15.0. The molecule has 0 aliphatic heterocycles. The van der Waals surface area contributed by atoms with Crippen molar-refractivity contribution in [1.29, 1.82) is 0 Å². The average Bonchev–Trinajstić information content (AvgIpc) is 3.04. The summed E-state index contributed by atoms with van der Waals surface area (Å²) in [7, 11) is 0. The number of hydrogen-bond acceptors (Lipinski definition) is 6. The molecule has 0 heterocycles. The zero-order valence-corrected chi connectivity index (χ0v) is 26.3. The molecule has 0 aliphatic rings. The van der Waals surface area contributed by atoms with E-state index >= 15 is 0 Å². The number of para-hydroxylation sites is 2. The van der Waals surface area contributed by atoms with Gasteiger partial charge in [0.2, 0.25) is 0 Å². The van der Waals surface area contributed by atoms with Gasteiger partial charge in [-0.3, -0.25) is 0 Å². The summed E-state index contributed by atoms with van der Waals surface area (Å²) in [5.41, 5.74) is 1.67. The quantitative estimate of drug-likeness (QED) is 0.116. The predicted octanol–water partition coefficient (Wildman–Crippen LogP) is 8.33. The topological polar surface area (TPSA) is 99.4 Å². The third kappa shape index (κ3) is 11.9. The van der Waals surface area contributed by atoms with Gasteiger partial charge >= 0.3 is 0 Å². The van der Waals surface area contributed by atoms with Crippen LogP contribution in [0.2, 0.25) is 0 Å². The molecule has 6 heteroatoms. The van der Waals surface area contributed by atoms with Gasteiger partial charge in [-0.1, -0.05) is 88.4 Å². The lowest BCUT2D eigenvalue weighted by molar-refractivity contribution is 0.0961. The zero-order valence-electron chi connectivity index (χ0n) is 26.3. The Morgan fingerprint density at radius 3 is 1.11 bits per heavy atom. The monoisotopic (exact) mass is 600 g/mol. The summed E-state index contributed by atoms with van der Waals surface area (Å²) in [5, 5.41) is 39.4. The van der Waals surface area contributed by atoms with Crippen LogP contribution in [0.4, 0.5) is 0 Å². The van der Waals surface area contributed by atoms with Gasteiger partial charge in [-0.25, -0.2) is 0 Å². The van der Waals surface area contributed by atoms with E-state index in [4.69, 9.17) is 9.47 Å². The minimum absolute atomic E-state index is 0.124. The lowest BCUT2D eigenvalue weighted by atomic mass is 9.89. The first-order chi connectivity index (χ1) is 21.1. The number of phenols is 2. The van der Waals surface area contributed by atoms with Gasteiger partial charge in [0.05, 0.1) is 25.4 Å². The van der Waals surface area contributed by atoms with E-state index in [0.29, 0.717) is 25.0 Å². The first-order valence-corrected chi connectivity index (χ1v) is 15.4. The van der Waals surface area contributed by atoms with Gasteiger partial charge in [0, 0.05) is 0 Å². The summed E-state index contributed by atoms with van der Waals surface area (Å²) in [4.78, 5) is 0. The molecule has 6 atom stereocenters. The molecule has 4 rings (SSSR count). The molecule has 0 unspecified atom stereocenters. The Kier molecular flexibility index (Phi) is 14.1. The van der Waals surface area contributed by atoms with Crippen LogP contribution in [-0.4, -0.2) is 33.6 Å². The molecule has 4 N–H and O–H groups in total. The van der Waals surface area contributed by atoms with Crippen LogP contribution in [0, 0.1) is 23.7 Å². The molecule has 0 saturated carbocycles. The molecule has 0 amide bonds. The number of ether oxygens (including phenoxy) is 2. The van der Waals surface area contributed by atoms with Crippen LogP contribution in [0.5, 0.6) is 23.0 Å². The van der Waals surface area contributed by atoms with E-state index in [1.54, 1.807) is 48.5 Å². The van der Waals surface area contributed by atoms with Gasteiger partial charge < -0.3 is 29.9 Å². The molecular formula is C38H48O6. The molecule has 0 saturated heterocycles. The van der Waals surface area contributed by atoms with Crippen molar-refractivity contribution in [3.63, 3.8) is 0 Å². The first kappa shape index (κ1) is 34.5. The second-order valence-electron chi connectivity index (χ2n) is 12.0. The SMILES string of the molecule is C[C@@H](COc1ccccc1)C[C@@H](C)[C@@H](O)c1ccc(O)cc1.C[C@H](COc1ccccc1)C[C@H](C)[C@H](O)c1ccc(O)cc1. The molecule has 6 nitrogen and oxygen atoms in total. The van der Waals surface area contributed by atoms with E-state index in [2.05, 4.69) is 13.8 Å². The predicted molar refractivity (Wildman–Crippen MR) is 176 cm³/mol. The van der Waals surface area contributed by atoms with Crippen LogP contribution < -0.4 is 9.47 Å². The minimum Gasteiger partial charge on any atom is -0.508 e. The molecule has 0 spiro atoms. The average molecular weight is 601 g/mol. The van der Waals surface area contributed by atoms with Gasteiger partial charge in [-0.05, 0) is 96.2 Å². The molecule has 4 aromatic carbocycles. The molecule has 0 bridgehead atoms. The van der Waals surface area contributed by atoms with Crippen molar-refractivity contribution in [2.75, 3.05) is 13.2 Å². The van der Waals surface area contributed by atoms with Crippen LogP contribution >= 0.6 is 0 Å². The maximum Gasteiger partial charge on any atom is 0.119 e. The number of aliphatic hydroxyl groups excluding tert-OH is 2. The maximum atomic E-state index is 10.4. The second kappa shape index (κ2) is 18.0. The lowest BCUT2D eigenvalue weighted by Gasteiger charge is -2.23. The van der Waals surface area contributed by atoms with E-state index in [9.17, 15) is 20.4 Å². The highest BCUT2D eigenvalue weighted by molar-refractivity contribution is 5.28. The van der Waals surface area contributed by atoms with Crippen LogP contribution in [0.1, 0.15) is 63.9 Å². The third-order valence-electron chi connectivity index (χ3n) is 7.65. The Balaban J connectivity index is 0.000000240. The second-order valence-corrected chi connectivity index (χ2v) is 12.0. The summed E-state index contributed by atoms with van der Waals surface area (Å²) in [6.07, 6.45) is 0.684. The van der Waals surface area contributed by atoms with E-state index in [1.165, 1.54) is 0 Å². The fraction of sp³-hybridized carbons (Fsp3) is 0.368. The number of benzene rings is 4. The lowest BCUT2D eigenvalue weighted by Crippen LogP contribution is -2.17. The zero-order chi connectivity index (χ0) is 31.9. The fourth-order valence-corrected chi connectivity index (χ4v) is 5.17. The Morgan fingerprint density at radius 2 is 0.795 bits per heavy atom.